The first-order valence-electron chi connectivity index (χ1n) is 10.7. The number of hydrogen-bond donors (Lipinski definition) is 1. The van der Waals surface area contributed by atoms with Crippen molar-refractivity contribution in [1.29, 1.82) is 0 Å². The first-order valence-corrected chi connectivity index (χ1v) is 10.7. The van der Waals surface area contributed by atoms with E-state index in [1.807, 2.05) is 36.4 Å². The van der Waals surface area contributed by atoms with Crippen molar-refractivity contribution in [2.24, 2.45) is 0 Å². The second-order valence-corrected chi connectivity index (χ2v) is 8.22. The molecule has 0 amide bonds. The van der Waals surface area contributed by atoms with Crippen LogP contribution in [0.2, 0.25) is 0 Å². The van der Waals surface area contributed by atoms with Gasteiger partial charge in [0.05, 0.1) is 0 Å². The summed E-state index contributed by atoms with van der Waals surface area (Å²) in [6.45, 7) is 10.1. The first-order chi connectivity index (χ1) is 14.3. The molecule has 158 valence electrons. The van der Waals surface area contributed by atoms with Crippen molar-refractivity contribution >= 4 is 11.9 Å². The molecule has 1 aliphatic rings. The summed E-state index contributed by atoms with van der Waals surface area (Å²) in [6, 6.07) is 13.5. The van der Waals surface area contributed by atoms with Crippen LogP contribution in [0.1, 0.15) is 74.6 Å². The third-order valence-electron chi connectivity index (χ3n) is 6.19. The Balaban J connectivity index is 2.29. The number of carbonyl (C=O) groups excluding carboxylic acids is 1. The van der Waals surface area contributed by atoms with Crippen LogP contribution in [0.25, 0.3) is 0 Å². The highest BCUT2D eigenvalue weighted by Crippen LogP contribution is 2.51. The van der Waals surface area contributed by atoms with Gasteiger partial charge in [-0.1, -0.05) is 76.2 Å². The lowest BCUT2D eigenvalue weighted by molar-refractivity contribution is -0.137. The Kier molecular flexibility index (Phi) is 6.45. The van der Waals surface area contributed by atoms with Gasteiger partial charge in [-0.3, -0.25) is 4.79 Å². The van der Waals surface area contributed by atoms with Crippen LogP contribution < -0.4 is 4.74 Å². The van der Waals surface area contributed by atoms with E-state index in [2.05, 4.69) is 33.4 Å². The maximum Gasteiger partial charge on any atom is 0.331 e. The van der Waals surface area contributed by atoms with E-state index in [0.717, 1.165) is 47.9 Å². The monoisotopic (exact) mass is 406 g/mol. The SMILES string of the molecule is C=C(CC1(c2ccccc2)C(=O)Oc2c(C(C)CC)cc(CCCC)cc21)C(=O)O. The molecule has 1 heterocycles. The zero-order valence-corrected chi connectivity index (χ0v) is 18.0. The second-order valence-electron chi connectivity index (χ2n) is 8.22. The summed E-state index contributed by atoms with van der Waals surface area (Å²) in [4.78, 5) is 25.1. The van der Waals surface area contributed by atoms with Crippen molar-refractivity contribution in [3.63, 3.8) is 0 Å². The Morgan fingerprint density at radius 3 is 2.50 bits per heavy atom. The number of aryl methyl sites for hydroxylation is 1. The molecule has 0 aromatic heterocycles. The van der Waals surface area contributed by atoms with Crippen molar-refractivity contribution < 1.29 is 19.4 Å². The Morgan fingerprint density at radius 2 is 1.90 bits per heavy atom. The third kappa shape index (κ3) is 3.79. The maximum atomic E-state index is 13.4. The molecular formula is C26H30O4. The van der Waals surface area contributed by atoms with E-state index in [0.29, 0.717) is 5.75 Å². The number of carbonyl (C=O) groups is 2. The number of unbranched alkanes of at least 4 members (excludes halogenated alkanes) is 1. The molecule has 0 radical (unpaired) electrons. The van der Waals surface area contributed by atoms with E-state index in [1.165, 1.54) is 0 Å². The molecule has 0 saturated heterocycles. The smallest absolute Gasteiger partial charge is 0.331 e. The number of carboxylic acids is 1. The number of carboxylic acid groups (broad SMARTS) is 1. The van der Waals surface area contributed by atoms with Gasteiger partial charge < -0.3 is 9.84 Å². The summed E-state index contributed by atoms with van der Waals surface area (Å²) in [5.74, 6) is -0.710. The van der Waals surface area contributed by atoms with E-state index in [4.69, 9.17) is 4.74 Å². The predicted octanol–water partition coefficient (Wildman–Crippen LogP) is 5.78. The third-order valence-corrected chi connectivity index (χ3v) is 6.19. The molecule has 0 fully saturated rings. The second kappa shape index (κ2) is 8.86. The van der Waals surface area contributed by atoms with Gasteiger partial charge in [0.2, 0.25) is 0 Å². The number of benzene rings is 2. The lowest BCUT2D eigenvalue weighted by atomic mass is 9.70. The van der Waals surface area contributed by atoms with Gasteiger partial charge in [-0.15, -0.1) is 0 Å². The molecule has 4 heteroatoms. The number of esters is 1. The molecule has 0 bridgehead atoms. The van der Waals surface area contributed by atoms with Gasteiger partial charge in [0.1, 0.15) is 11.2 Å². The Labute approximate surface area is 178 Å². The Morgan fingerprint density at radius 1 is 1.20 bits per heavy atom. The van der Waals surface area contributed by atoms with Crippen LogP contribution in [-0.4, -0.2) is 17.0 Å². The zero-order valence-electron chi connectivity index (χ0n) is 18.0. The molecule has 0 saturated carbocycles. The van der Waals surface area contributed by atoms with Gasteiger partial charge in [-0.25, -0.2) is 4.79 Å². The van der Waals surface area contributed by atoms with Crippen LogP contribution >= 0.6 is 0 Å². The van der Waals surface area contributed by atoms with E-state index in [9.17, 15) is 14.7 Å². The molecule has 2 aromatic carbocycles. The zero-order chi connectivity index (χ0) is 21.9. The van der Waals surface area contributed by atoms with Crippen LogP contribution in [0.4, 0.5) is 0 Å². The molecular weight excluding hydrogens is 376 g/mol. The van der Waals surface area contributed by atoms with Gasteiger partial charge in [-0.05, 0) is 41.9 Å². The number of rotatable bonds is 9. The van der Waals surface area contributed by atoms with E-state index in [-0.39, 0.29) is 17.9 Å². The Bertz CT molecular complexity index is 960. The number of ether oxygens (including phenoxy) is 1. The molecule has 2 unspecified atom stereocenters. The van der Waals surface area contributed by atoms with Crippen LogP contribution in [0, 0.1) is 0 Å². The van der Waals surface area contributed by atoms with Crippen molar-refractivity contribution in [3.8, 4) is 5.75 Å². The van der Waals surface area contributed by atoms with Gasteiger partial charge in [0.25, 0.3) is 0 Å². The number of aliphatic carboxylic acids is 1. The molecule has 3 rings (SSSR count). The molecule has 1 aliphatic heterocycles. The van der Waals surface area contributed by atoms with E-state index >= 15 is 0 Å². The van der Waals surface area contributed by atoms with Crippen LogP contribution in [-0.2, 0) is 21.4 Å². The standard InChI is InChI=1S/C26H30O4/c1-5-7-11-19-14-21(17(3)6-2)23-22(15-19)26(25(29)30-23,16-18(4)24(27)28)20-12-9-8-10-13-20/h8-10,12-15,17H,4-7,11,16H2,1-3H3,(H,27,28). The molecule has 30 heavy (non-hydrogen) atoms. The lowest BCUT2D eigenvalue weighted by Gasteiger charge is -2.27. The molecule has 0 spiro atoms. The largest absolute Gasteiger partial charge is 0.478 e. The highest BCUT2D eigenvalue weighted by atomic mass is 16.5. The van der Waals surface area contributed by atoms with Crippen molar-refractivity contribution in [2.75, 3.05) is 0 Å². The fourth-order valence-corrected chi connectivity index (χ4v) is 4.21. The Hall–Kier alpha value is -2.88. The number of fused-ring (bicyclic) bond motifs is 1. The molecule has 1 N–H and O–H groups in total. The van der Waals surface area contributed by atoms with Crippen molar-refractivity contribution in [3.05, 3.63) is 76.9 Å². The van der Waals surface area contributed by atoms with Crippen molar-refractivity contribution in [1.82, 2.24) is 0 Å². The average Bonchev–Trinajstić information content (AvgIpc) is 3.03. The number of hydrogen-bond acceptors (Lipinski definition) is 3. The fraction of sp³-hybridized carbons (Fsp3) is 0.385. The predicted molar refractivity (Wildman–Crippen MR) is 118 cm³/mol. The summed E-state index contributed by atoms with van der Waals surface area (Å²) in [6.07, 6.45) is 3.93. The normalized spacial score (nSPS) is 18.6. The summed E-state index contributed by atoms with van der Waals surface area (Å²) in [7, 11) is 0. The highest BCUT2D eigenvalue weighted by Gasteiger charge is 2.52. The summed E-state index contributed by atoms with van der Waals surface area (Å²) in [5, 5.41) is 9.54. The van der Waals surface area contributed by atoms with Crippen LogP contribution in [0.5, 0.6) is 5.75 Å². The van der Waals surface area contributed by atoms with Gasteiger partial charge in [0.15, 0.2) is 0 Å². The lowest BCUT2D eigenvalue weighted by Crippen LogP contribution is -2.36. The van der Waals surface area contributed by atoms with Crippen molar-refractivity contribution in [2.45, 2.75) is 64.2 Å². The molecule has 2 atom stereocenters. The van der Waals surface area contributed by atoms with Crippen LogP contribution in [0.15, 0.2) is 54.6 Å². The average molecular weight is 407 g/mol. The topological polar surface area (TPSA) is 63.6 Å². The van der Waals surface area contributed by atoms with Gasteiger partial charge in [-0.2, -0.15) is 0 Å². The summed E-state index contributed by atoms with van der Waals surface area (Å²) >= 11 is 0. The molecule has 2 aromatic rings. The fourth-order valence-electron chi connectivity index (χ4n) is 4.21. The van der Waals surface area contributed by atoms with E-state index < -0.39 is 17.4 Å². The van der Waals surface area contributed by atoms with Crippen LogP contribution in [0.3, 0.4) is 0 Å². The van der Waals surface area contributed by atoms with Gasteiger partial charge in [0, 0.05) is 17.6 Å². The minimum Gasteiger partial charge on any atom is -0.478 e. The first kappa shape index (κ1) is 21.8. The molecule has 0 aliphatic carbocycles. The van der Waals surface area contributed by atoms with E-state index in [1.54, 1.807) is 0 Å². The minimum absolute atomic E-state index is 0.00676. The molecule has 4 nitrogen and oxygen atoms in total. The highest BCUT2D eigenvalue weighted by molar-refractivity contribution is 5.97. The summed E-state index contributed by atoms with van der Waals surface area (Å²) in [5.41, 5.74) is 2.48. The minimum atomic E-state index is -1.20. The quantitative estimate of drug-likeness (QED) is 0.326. The maximum absolute atomic E-state index is 13.4. The summed E-state index contributed by atoms with van der Waals surface area (Å²) < 4.78 is 5.90. The van der Waals surface area contributed by atoms with Gasteiger partial charge >= 0.3 is 11.9 Å².